The van der Waals surface area contributed by atoms with Gasteiger partial charge in [0.2, 0.25) is 23.3 Å². The number of H-pyrrole nitrogens is 1. The smallest absolute Gasteiger partial charge is 0.367 e. The Hall–Kier alpha value is -5.06. The van der Waals surface area contributed by atoms with Crippen molar-refractivity contribution in [2.45, 2.75) is 44.9 Å². The molecule has 2 aromatic heterocycles. The van der Waals surface area contributed by atoms with E-state index in [0.717, 1.165) is 0 Å². The Morgan fingerprint density at radius 1 is 0.960 bits per heavy atom. The Balaban J connectivity index is 1.41. The monoisotopic (exact) mass is 701 g/mol. The topological polar surface area (TPSA) is 147 Å². The molecule has 2 atom stereocenters. The van der Waals surface area contributed by atoms with E-state index in [2.05, 4.69) is 30.5 Å². The lowest BCUT2D eigenvalue weighted by atomic mass is 10.0. The first-order valence-electron chi connectivity index (χ1n) is 16.1. The number of aromatic amines is 1. The SMILES string of the molecule is CNC(=O)CCC(=O)N1CCN(c2ncc(-c3cc(NC(=O)c4c[nH]c(=O)cc4C(F)(F)F)c(N4C[C@@H](C)N(C)[C@@H](C)C4)cc3F)cn2)CC1. The van der Waals surface area contributed by atoms with Crippen LogP contribution in [-0.2, 0) is 15.8 Å². The number of carbonyl (C=O) groups is 3. The summed E-state index contributed by atoms with van der Waals surface area (Å²) < 4.78 is 57.3. The minimum absolute atomic E-state index is 0.00914. The number of aromatic nitrogens is 3. The van der Waals surface area contributed by atoms with Crippen LogP contribution in [0.1, 0.15) is 42.6 Å². The fourth-order valence-corrected chi connectivity index (χ4v) is 6.11. The molecule has 0 spiro atoms. The van der Waals surface area contributed by atoms with Crippen molar-refractivity contribution < 1.29 is 31.9 Å². The number of benzene rings is 1. The summed E-state index contributed by atoms with van der Waals surface area (Å²) in [5, 5.41) is 5.04. The number of carbonyl (C=O) groups excluding carboxylic acids is 3. The predicted octanol–water partition coefficient (Wildman–Crippen LogP) is 2.95. The number of hydrogen-bond acceptors (Lipinski definition) is 9. The first-order valence-corrected chi connectivity index (χ1v) is 16.1. The molecule has 3 amide bonds. The minimum atomic E-state index is -4.98. The van der Waals surface area contributed by atoms with Crippen molar-refractivity contribution >= 4 is 35.0 Å². The minimum Gasteiger partial charge on any atom is -0.367 e. The van der Waals surface area contributed by atoms with Crippen LogP contribution in [-0.4, -0.2) is 108 Å². The molecular weight excluding hydrogens is 662 g/mol. The number of likely N-dealkylation sites (N-methyl/N-ethyl adjacent to an activating group) is 1. The molecular formula is C33H39F4N9O4. The summed E-state index contributed by atoms with van der Waals surface area (Å²) in [5.74, 6) is -1.77. The van der Waals surface area contributed by atoms with E-state index in [1.807, 2.05) is 30.7 Å². The lowest BCUT2D eigenvalue weighted by molar-refractivity contribution is -0.138. The van der Waals surface area contributed by atoms with E-state index >= 15 is 4.39 Å². The highest BCUT2D eigenvalue weighted by Crippen LogP contribution is 2.37. The quantitative estimate of drug-likeness (QED) is 0.302. The van der Waals surface area contributed by atoms with Crippen LogP contribution in [0.25, 0.3) is 11.1 Å². The molecule has 13 nitrogen and oxygen atoms in total. The average molecular weight is 702 g/mol. The van der Waals surface area contributed by atoms with Crippen molar-refractivity contribution in [2.75, 3.05) is 68.5 Å². The number of anilines is 3. The number of amides is 3. The van der Waals surface area contributed by atoms with E-state index in [0.29, 0.717) is 57.5 Å². The maximum absolute atomic E-state index is 15.9. The highest BCUT2D eigenvalue weighted by Gasteiger charge is 2.36. The molecule has 0 radical (unpaired) electrons. The summed E-state index contributed by atoms with van der Waals surface area (Å²) >= 11 is 0. The molecule has 5 rings (SSSR count). The number of hydrogen-bond donors (Lipinski definition) is 3. The number of nitrogens with one attached hydrogen (secondary N) is 3. The Morgan fingerprint density at radius 3 is 2.20 bits per heavy atom. The lowest BCUT2D eigenvalue weighted by Crippen LogP contribution is -2.55. The first-order chi connectivity index (χ1) is 23.7. The van der Waals surface area contributed by atoms with Gasteiger partial charge in [-0.2, -0.15) is 13.2 Å². The van der Waals surface area contributed by atoms with Crippen molar-refractivity contribution in [1.29, 1.82) is 0 Å². The van der Waals surface area contributed by atoms with Crippen LogP contribution in [0.4, 0.5) is 34.9 Å². The number of pyridine rings is 1. The normalized spacial score (nSPS) is 18.6. The molecule has 2 fully saturated rings. The zero-order valence-electron chi connectivity index (χ0n) is 28.1. The summed E-state index contributed by atoms with van der Waals surface area (Å²) in [5.41, 5.74) is -2.60. The molecule has 3 N–H and O–H groups in total. The molecule has 2 saturated heterocycles. The Labute approximate surface area is 285 Å². The van der Waals surface area contributed by atoms with Crippen LogP contribution in [0.15, 0.2) is 41.6 Å². The zero-order valence-corrected chi connectivity index (χ0v) is 28.1. The van der Waals surface area contributed by atoms with Crippen molar-refractivity contribution in [3.05, 3.63) is 64.1 Å². The molecule has 2 aliphatic heterocycles. The summed E-state index contributed by atoms with van der Waals surface area (Å²) in [6, 6.07) is 2.99. The third-order valence-corrected chi connectivity index (χ3v) is 9.22. The zero-order chi connectivity index (χ0) is 36.3. The fraction of sp³-hybridized carbons (Fsp3) is 0.455. The highest BCUT2D eigenvalue weighted by atomic mass is 19.4. The van der Waals surface area contributed by atoms with Gasteiger partial charge < -0.3 is 30.3 Å². The van der Waals surface area contributed by atoms with Gasteiger partial charge in [0.05, 0.1) is 22.5 Å². The number of rotatable bonds is 8. The van der Waals surface area contributed by atoms with Crippen molar-refractivity contribution in [2.24, 2.45) is 0 Å². The van der Waals surface area contributed by atoms with E-state index in [1.54, 1.807) is 4.90 Å². The van der Waals surface area contributed by atoms with E-state index in [4.69, 9.17) is 0 Å². The molecule has 1 aromatic carbocycles. The van der Waals surface area contributed by atoms with E-state index in [1.165, 1.54) is 31.6 Å². The Bertz CT molecular complexity index is 1780. The van der Waals surface area contributed by atoms with E-state index in [-0.39, 0.29) is 59.2 Å². The van der Waals surface area contributed by atoms with Gasteiger partial charge in [0.25, 0.3) is 5.91 Å². The second kappa shape index (κ2) is 14.8. The number of piperazine rings is 2. The maximum atomic E-state index is 15.9. The summed E-state index contributed by atoms with van der Waals surface area (Å²) in [6.45, 7) is 6.60. The third kappa shape index (κ3) is 8.04. The van der Waals surface area contributed by atoms with Gasteiger partial charge in [0.15, 0.2) is 0 Å². The number of halogens is 4. The van der Waals surface area contributed by atoms with E-state index < -0.39 is 34.6 Å². The van der Waals surface area contributed by atoms with Gasteiger partial charge in [-0.3, -0.25) is 24.1 Å². The van der Waals surface area contributed by atoms with Crippen molar-refractivity contribution in [3.8, 4) is 11.1 Å². The fourth-order valence-electron chi connectivity index (χ4n) is 6.11. The summed E-state index contributed by atoms with van der Waals surface area (Å²) in [7, 11) is 3.48. The Kier molecular flexibility index (Phi) is 10.7. The molecule has 50 heavy (non-hydrogen) atoms. The van der Waals surface area contributed by atoms with Gasteiger partial charge in [-0.05, 0) is 33.0 Å². The van der Waals surface area contributed by atoms with Crippen LogP contribution in [0.5, 0.6) is 0 Å². The van der Waals surface area contributed by atoms with Crippen LogP contribution in [0.2, 0.25) is 0 Å². The van der Waals surface area contributed by atoms with Crippen LogP contribution < -0.4 is 26.0 Å². The van der Waals surface area contributed by atoms with Crippen molar-refractivity contribution in [3.63, 3.8) is 0 Å². The van der Waals surface area contributed by atoms with Crippen LogP contribution >= 0.6 is 0 Å². The molecule has 4 heterocycles. The van der Waals surface area contributed by atoms with Gasteiger partial charge in [0.1, 0.15) is 5.82 Å². The van der Waals surface area contributed by atoms with Gasteiger partial charge in [-0.25, -0.2) is 14.4 Å². The molecule has 17 heteroatoms. The van der Waals surface area contributed by atoms with Crippen LogP contribution in [0.3, 0.4) is 0 Å². The van der Waals surface area contributed by atoms with Gasteiger partial charge in [-0.15, -0.1) is 0 Å². The molecule has 3 aromatic rings. The molecule has 2 aliphatic rings. The third-order valence-electron chi connectivity index (χ3n) is 9.22. The standard InChI is InChI=1S/C33H39F4N9O4/c1-19-17-46(18-20(2)43(19)4)27-13-25(34)22(11-26(27)42-31(50)23-16-39-29(48)12-24(23)33(35,36)37)21-14-40-32(41-15-21)45-9-7-44(8-10-45)30(49)6-5-28(47)38-3/h11-16,19-20H,5-10,17-18H2,1-4H3,(H,38,47)(H,39,48)(H,42,50)/t19-,20+. The summed E-state index contributed by atoms with van der Waals surface area (Å²) in [4.78, 5) is 67.6. The molecule has 0 aliphatic carbocycles. The molecule has 0 bridgehead atoms. The second-order valence-corrected chi connectivity index (χ2v) is 12.5. The predicted molar refractivity (Wildman–Crippen MR) is 178 cm³/mol. The van der Waals surface area contributed by atoms with Crippen LogP contribution in [0, 0.1) is 5.82 Å². The van der Waals surface area contributed by atoms with Gasteiger partial charge in [0, 0.05) is 107 Å². The number of nitrogens with zero attached hydrogens (tertiary/aromatic N) is 6. The maximum Gasteiger partial charge on any atom is 0.417 e. The largest absolute Gasteiger partial charge is 0.417 e. The lowest BCUT2D eigenvalue weighted by Gasteiger charge is -2.44. The average Bonchev–Trinajstić information content (AvgIpc) is 3.09. The molecule has 268 valence electrons. The van der Waals surface area contributed by atoms with Gasteiger partial charge in [-0.1, -0.05) is 0 Å². The number of alkyl halides is 3. The van der Waals surface area contributed by atoms with Gasteiger partial charge >= 0.3 is 6.18 Å². The molecule has 0 unspecified atom stereocenters. The Morgan fingerprint density at radius 2 is 1.60 bits per heavy atom. The second-order valence-electron chi connectivity index (χ2n) is 12.5. The highest BCUT2D eigenvalue weighted by molar-refractivity contribution is 6.07. The molecule has 0 saturated carbocycles. The van der Waals surface area contributed by atoms with E-state index in [9.17, 15) is 32.3 Å². The summed E-state index contributed by atoms with van der Waals surface area (Å²) in [6.07, 6.45) is -1.23. The van der Waals surface area contributed by atoms with Crippen molar-refractivity contribution in [1.82, 2.24) is 30.1 Å². The first kappa shape index (κ1) is 36.2.